The lowest BCUT2D eigenvalue weighted by Crippen LogP contribution is -2.43. The lowest BCUT2D eigenvalue weighted by atomic mass is 10.0. The van der Waals surface area contributed by atoms with Gasteiger partial charge in [-0.05, 0) is 49.1 Å². The van der Waals surface area contributed by atoms with Gasteiger partial charge in [-0.2, -0.15) is 0 Å². The Morgan fingerprint density at radius 3 is 2.72 bits per heavy atom. The van der Waals surface area contributed by atoms with E-state index in [2.05, 4.69) is 17.2 Å². The van der Waals surface area contributed by atoms with E-state index < -0.39 is 0 Å². The average molecular weight is 411 g/mol. The molecule has 2 heterocycles. The lowest BCUT2D eigenvalue weighted by Gasteiger charge is -2.33. The van der Waals surface area contributed by atoms with Gasteiger partial charge >= 0.3 is 6.03 Å². The van der Waals surface area contributed by atoms with Gasteiger partial charge in [-0.1, -0.05) is 36.7 Å². The number of nitrogens with one attached hydrogen (secondary N) is 1. The number of rotatable bonds is 3. The van der Waals surface area contributed by atoms with Crippen molar-refractivity contribution in [3.63, 3.8) is 0 Å². The van der Waals surface area contributed by atoms with Gasteiger partial charge in [-0.3, -0.25) is 9.36 Å². The standard InChI is InChI=1S/C22H23ClN4O2/c1-2-15-5-3-4-6-19(15)25-22(29)26-11-9-17(10-12-26)27-14-24-20-8-7-16(23)13-18(20)21(27)28/h3-8,13-14,17H,2,9-12H2,1H3,(H,25,29). The largest absolute Gasteiger partial charge is 0.324 e. The Hall–Kier alpha value is -2.86. The minimum absolute atomic E-state index is 0.0189. The first-order chi connectivity index (χ1) is 14.1. The molecular weight excluding hydrogens is 388 g/mol. The van der Waals surface area contributed by atoms with Crippen LogP contribution >= 0.6 is 11.6 Å². The molecule has 0 saturated carbocycles. The molecule has 0 spiro atoms. The molecule has 1 fully saturated rings. The van der Waals surface area contributed by atoms with Crippen molar-refractivity contribution in [3.05, 3.63) is 69.7 Å². The SMILES string of the molecule is CCc1ccccc1NC(=O)N1CCC(n2cnc3ccc(Cl)cc3c2=O)CC1. The summed E-state index contributed by atoms with van der Waals surface area (Å²) < 4.78 is 1.68. The van der Waals surface area contributed by atoms with E-state index in [1.54, 1.807) is 34.0 Å². The second-order valence-electron chi connectivity index (χ2n) is 7.28. The number of anilines is 1. The van der Waals surface area contributed by atoms with Crippen LogP contribution in [0, 0.1) is 0 Å². The maximum Gasteiger partial charge on any atom is 0.321 e. The predicted octanol–water partition coefficient (Wildman–Crippen LogP) is 4.48. The first kappa shape index (κ1) is 19.5. The summed E-state index contributed by atoms with van der Waals surface area (Å²) in [4.78, 5) is 31.8. The molecule has 1 N–H and O–H groups in total. The molecule has 1 aliphatic rings. The second kappa shape index (κ2) is 8.25. The number of likely N-dealkylation sites (tertiary alicyclic amines) is 1. The van der Waals surface area contributed by atoms with Crippen LogP contribution in [0.25, 0.3) is 10.9 Å². The fraction of sp³-hybridized carbons (Fsp3) is 0.318. The minimum Gasteiger partial charge on any atom is -0.324 e. The fourth-order valence-electron chi connectivity index (χ4n) is 3.86. The second-order valence-corrected chi connectivity index (χ2v) is 7.71. The number of urea groups is 1. The highest BCUT2D eigenvalue weighted by molar-refractivity contribution is 6.31. The number of hydrogen-bond acceptors (Lipinski definition) is 3. The maximum atomic E-state index is 12.9. The lowest BCUT2D eigenvalue weighted by molar-refractivity contribution is 0.182. The molecule has 1 aromatic heterocycles. The number of halogens is 1. The number of benzene rings is 2. The summed E-state index contributed by atoms with van der Waals surface area (Å²) in [5, 5.41) is 4.06. The number of aryl methyl sites for hydroxylation is 1. The molecule has 0 bridgehead atoms. The van der Waals surface area contributed by atoms with Crippen molar-refractivity contribution in [2.24, 2.45) is 0 Å². The van der Waals surface area contributed by atoms with Gasteiger partial charge in [0.2, 0.25) is 0 Å². The monoisotopic (exact) mass is 410 g/mol. The highest BCUT2D eigenvalue weighted by atomic mass is 35.5. The summed E-state index contributed by atoms with van der Waals surface area (Å²) in [6, 6.07) is 12.9. The Balaban J connectivity index is 1.45. The number of piperidine rings is 1. The predicted molar refractivity (Wildman–Crippen MR) is 116 cm³/mol. The number of para-hydroxylation sites is 1. The van der Waals surface area contributed by atoms with E-state index in [9.17, 15) is 9.59 Å². The van der Waals surface area contributed by atoms with Crippen LogP contribution in [0.2, 0.25) is 5.02 Å². The molecule has 6 nitrogen and oxygen atoms in total. The van der Waals surface area contributed by atoms with Crippen LogP contribution in [0.5, 0.6) is 0 Å². The molecule has 2 aromatic carbocycles. The zero-order valence-corrected chi connectivity index (χ0v) is 17.0. The zero-order chi connectivity index (χ0) is 20.4. The molecular formula is C22H23ClN4O2. The summed E-state index contributed by atoms with van der Waals surface area (Å²) >= 11 is 6.04. The molecule has 1 aliphatic heterocycles. The number of carbonyl (C=O) groups excluding carboxylic acids is 1. The highest BCUT2D eigenvalue weighted by Crippen LogP contribution is 2.23. The van der Waals surface area contributed by atoms with Crippen LogP contribution in [0.1, 0.15) is 31.4 Å². The van der Waals surface area contributed by atoms with E-state index >= 15 is 0 Å². The van der Waals surface area contributed by atoms with Gasteiger partial charge in [0.15, 0.2) is 0 Å². The van der Waals surface area contributed by atoms with Crippen molar-refractivity contribution in [1.29, 1.82) is 0 Å². The number of amides is 2. The van der Waals surface area contributed by atoms with E-state index in [4.69, 9.17) is 11.6 Å². The van der Waals surface area contributed by atoms with Crippen LogP contribution in [0.4, 0.5) is 10.5 Å². The molecule has 3 aromatic rings. The molecule has 29 heavy (non-hydrogen) atoms. The molecule has 150 valence electrons. The van der Waals surface area contributed by atoms with Gasteiger partial charge in [0.05, 0.1) is 17.2 Å². The maximum absolute atomic E-state index is 12.9. The van der Waals surface area contributed by atoms with E-state index in [-0.39, 0.29) is 17.6 Å². The Morgan fingerprint density at radius 1 is 1.21 bits per heavy atom. The van der Waals surface area contributed by atoms with E-state index in [0.717, 1.165) is 17.7 Å². The van der Waals surface area contributed by atoms with Gasteiger partial charge < -0.3 is 10.2 Å². The fourth-order valence-corrected chi connectivity index (χ4v) is 4.03. The molecule has 0 aliphatic carbocycles. The first-order valence-corrected chi connectivity index (χ1v) is 10.2. The summed E-state index contributed by atoms with van der Waals surface area (Å²) in [6.07, 6.45) is 3.88. The van der Waals surface area contributed by atoms with Gasteiger partial charge in [-0.15, -0.1) is 0 Å². The van der Waals surface area contributed by atoms with Crippen LogP contribution in [0.15, 0.2) is 53.6 Å². The number of aromatic nitrogens is 2. The van der Waals surface area contributed by atoms with Gasteiger partial charge in [0.1, 0.15) is 0 Å². The number of hydrogen-bond donors (Lipinski definition) is 1. The molecule has 1 saturated heterocycles. The molecule has 0 unspecified atom stereocenters. The third-order valence-corrected chi connectivity index (χ3v) is 5.76. The van der Waals surface area contributed by atoms with Gasteiger partial charge in [0.25, 0.3) is 5.56 Å². The Labute approximate surface area is 174 Å². The Morgan fingerprint density at radius 2 is 1.97 bits per heavy atom. The summed E-state index contributed by atoms with van der Waals surface area (Å²) in [6.45, 7) is 3.24. The van der Waals surface area contributed by atoms with Crippen molar-refractivity contribution >= 4 is 34.2 Å². The Kier molecular flexibility index (Phi) is 5.53. The Bertz CT molecular complexity index is 1100. The van der Waals surface area contributed by atoms with Crippen molar-refractivity contribution < 1.29 is 4.79 Å². The average Bonchev–Trinajstić information content (AvgIpc) is 2.75. The van der Waals surface area contributed by atoms with Crippen LogP contribution < -0.4 is 10.9 Å². The molecule has 7 heteroatoms. The van der Waals surface area contributed by atoms with E-state index in [0.29, 0.717) is 41.9 Å². The molecule has 2 amide bonds. The number of carbonyl (C=O) groups is 1. The summed E-state index contributed by atoms with van der Waals surface area (Å²) in [5.41, 5.74) is 2.52. The van der Waals surface area contributed by atoms with Crippen LogP contribution in [0.3, 0.4) is 0 Å². The summed E-state index contributed by atoms with van der Waals surface area (Å²) in [7, 11) is 0. The smallest absolute Gasteiger partial charge is 0.321 e. The first-order valence-electron chi connectivity index (χ1n) is 9.87. The third-order valence-electron chi connectivity index (χ3n) is 5.53. The normalized spacial score (nSPS) is 14.9. The van der Waals surface area contributed by atoms with E-state index in [1.807, 2.05) is 24.3 Å². The molecule has 0 radical (unpaired) electrons. The minimum atomic E-state index is -0.0971. The van der Waals surface area contributed by atoms with Gasteiger partial charge in [0, 0.05) is 29.8 Å². The zero-order valence-electron chi connectivity index (χ0n) is 16.3. The molecule has 4 rings (SSSR count). The van der Waals surface area contributed by atoms with Crippen LogP contribution in [-0.4, -0.2) is 33.6 Å². The topological polar surface area (TPSA) is 67.2 Å². The van der Waals surface area contributed by atoms with Crippen molar-refractivity contribution in [3.8, 4) is 0 Å². The molecule has 0 atom stereocenters. The highest BCUT2D eigenvalue weighted by Gasteiger charge is 2.25. The van der Waals surface area contributed by atoms with Crippen molar-refractivity contribution in [2.75, 3.05) is 18.4 Å². The van der Waals surface area contributed by atoms with Crippen LogP contribution in [-0.2, 0) is 6.42 Å². The summed E-state index contributed by atoms with van der Waals surface area (Å²) in [5.74, 6) is 0. The van der Waals surface area contributed by atoms with E-state index in [1.165, 1.54) is 0 Å². The quantitative estimate of drug-likeness (QED) is 0.692. The number of fused-ring (bicyclic) bond motifs is 1. The van der Waals surface area contributed by atoms with Gasteiger partial charge in [-0.25, -0.2) is 9.78 Å². The number of nitrogens with zero attached hydrogens (tertiary/aromatic N) is 3. The van der Waals surface area contributed by atoms with Crippen molar-refractivity contribution in [1.82, 2.24) is 14.5 Å². The third kappa shape index (κ3) is 3.98. The van der Waals surface area contributed by atoms with Crippen molar-refractivity contribution in [2.45, 2.75) is 32.2 Å².